The van der Waals surface area contributed by atoms with Gasteiger partial charge in [-0.1, -0.05) is 20.8 Å². The summed E-state index contributed by atoms with van der Waals surface area (Å²) in [6.07, 6.45) is 1.77. The molecular formula is C14H25ClN2O. The van der Waals surface area contributed by atoms with E-state index in [0.717, 1.165) is 19.5 Å². The number of likely N-dealkylation sites (tertiary alicyclic amines) is 1. The van der Waals surface area contributed by atoms with Gasteiger partial charge in [-0.25, -0.2) is 0 Å². The van der Waals surface area contributed by atoms with Crippen LogP contribution in [0.1, 0.15) is 33.6 Å². The molecule has 2 rings (SSSR count). The fraction of sp³-hybridized carbons (Fsp3) is 0.929. The Morgan fingerprint density at radius 1 is 1.50 bits per heavy atom. The predicted molar refractivity (Wildman–Crippen MR) is 74.4 cm³/mol. The van der Waals surface area contributed by atoms with Crippen molar-refractivity contribution in [3.05, 3.63) is 0 Å². The fourth-order valence-corrected chi connectivity index (χ4v) is 3.98. The molecule has 18 heavy (non-hydrogen) atoms. The number of alkyl halides is 1. The molecule has 1 saturated heterocycles. The lowest BCUT2D eigenvalue weighted by Crippen LogP contribution is -2.43. The maximum atomic E-state index is 12.0. The average Bonchev–Trinajstić information content (AvgIpc) is 2.72. The first-order chi connectivity index (χ1) is 8.35. The Hall–Kier alpha value is -0.280. The molecule has 2 N–H and O–H groups in total. The minimum absolute atomic E-state index is 0.211. The van der Waals surface area contributed by atoms with Crippen LogP contribution in [0.15, 0.2) is 0 Å². The third-order valence-electron chi connectivity index (χ3n) is 4.90. The minimum atomic E-state index is 0.211. The van der Waals surface area contributed by atoms with Gasteiger partial charge in [-0.3, -0.25) is 4.79 Å². The van der Waals surface area contributed by atoms with Crippen LogP contribution in [-0.2, 0) is 4.79 Å². The highest BCUT2D eigenvalue weighted by atomic mass is 35.5. The highest BCUT2D eigenvalue weighted by molar-refractivity contribution is 6.18. The van der Waals surface area contributed by atoms with E-state index in [1.54, 1.807) is 0 Å². The maximum absolute atomic E-state index is 12.0. The summed E-state index contributed by atoms with van der Waals surface area (Å²) in [4.78, 5) is 13.9. The monoisotopic (exact) mass is 272 g/mol. The number of amides is 1. The second kappa shape index (κ2) is 5.01. The summed E-state index contributed by atoms with van der Waals surface area (Å²) in [6, 6.07) is 0.211. The molecule has 1 aliphatic carbocycles. The highest BCUT2D eigenvalue weighted by Gasteiger charge is 2.46. The Labute approximate surface area is 115 Å². The number of rotatable bonds is 3. The van der Waals surface area contributed by atoms with Gasteiger partial charge < -0.3 is 10.6 Å². The van der Waals surface area contributed by atoms with E-state index in [0.29, 0.717) is 30.1 Å². The van der Waals surface area contributed by atoms with E-state index in [1.165, 1.54) is 0 Å². The smallest absolute Gasteiger partial charge is 0.222 e. The fourth-order valence-electron chi connectivity index (χ4n) is 3.77. The second-order valence-electron chi connectivity index (χ2n) is 6.88. The van der Waals surface area contributed by atoms with E-state index >= 15 is 0 Å². The van der Waals surface area contributed by atoms with E-state index in [2.05, 4.69) is 20.8 Å². The summed E-state index contributed by atoms with van der Waals surface area (Å²) in [6.45, 7) is 8.40. The van der Waals surface area contributed by atoms with Crippen LogP contribution in [0.25, 0.3) is 0 Å². The zero-order valence-electron chi connectivity index (χ0n) is 11.7. The molecule has 0 aromatic carbocycles. The van der Waals surface area contributed by atoms with Crippen molar-refractivity contribution < 1.29 is 4.79 Å². The highest BCUT2D eigenvalue weighted by Crippen LogP contribution is 2.45. The predicted octanol–water partition coefficient (Wildman–Crippen LogP) is 2.08. The molecule has 4 unspecified atom stereocenters. The summed E-state index contributed by atoms with van der Waals surface area (Å²) in [5.74, 6) is 2.12. The van der Waals surface area contributed by atoms with Crippen molar-refractivity contribution in [1.29, 1.82) is 0 Å². The maximum Gasteiger partial charge on any atom is 0.222 e. The molecule has 1 amide bonds. The normalized spacial score (nSPS) is 39.6. The summed E-state index contributed by atoms with van der Waals surface area (Å²) in [5.41, 5.74) is 6.56. The van der Waals surface area contributed by atoms with E-state index < -0.39 is 0 Å². The lowest BCUT2D eigenvalue weighted by molar-refractivity contribution is -0.128. The first-order valence-corrected chi connectivity index (χ1v) is 7.48. The topological polar surface area (TPSA) is 46.3 Å². The van der Waals surface area contributed by atoms with Gasteiger partial charge in [0.15, 0.2) is 0 Å². The first-order valence-electron chi connectivity index (χ1n) is 6.94. The Morgan fingerprint density at radius 3 is 2.61 bits per heavy atom. The number of hydrogen-bond donors (Lipinski definition) is 1. The molecule has 2 aliphatic rings. The SMILES string of the molecule is CC1CC(C)(C)C(CN2CC(CCl)CC2=O)C1N. The third kappa shape index (κ3) is 2.53. The van der Waals surface area contributed by atoms with Gasteiger partial charge in [-0.15, -0.1) is 11.6 Å². The molecule has 2 fully saturated rings. The minimum Gasteiger partial charge on any atom is -0.342 e. The van der Waals surface area contributed by atoms with Crippen LogP contribution in [0, 0.1) is 23.2 Å². The van der Waals surface area contributed by atoms with Crippen molar-refractivity contribution in [2.75, 3.05) is 19.0 Å². The molecular weight excluding hydrogens is 248 g/mol. The molecule has 104 valence electrons. The Morgan fingerprint density at radius 2 is 2.17 bits per heavy atom. The molecule has 4 atom stereocenters. The van der Waals surface area contributed by atoms with Gasteiger partial charge in [0.2, 0.25) is 5.91 Å². The van der Waals surface area contributed by atoms with Crippen LogP contribution in [0.2, 0.25) is 0 Å². The Kier molecular flexibility index (Phi) is 3.93. The molecule has 0 radical (unpaired) electrons. The van der Waals surface area contributed by atoms with Crippen LogP contribution in [0.5, 0.6) is 0 Å². The zero-order valence-corrected chi connectivity index (χ0v) is 12.4. The van der Waals surface area contributed by atoms with Crippen LogP contribution >= 0.6 is 11.6 Å². The van der Waals surface area contributed by atoms with E-state index in [-0.39, 0.29) is 17.4 Å². The number of nitrogens with two attached hydrogens (primary N) is 1. The molecule has 1 heterocycles. The molecule has 1 aliphatic heterocycles. The summed E-state index contributed by atoms with van der Waals surface area (Å²) >= 11 is 5.86. The van der Waals surface area contributed by atoms with Gasteiger partial charge in [-0.05, 0) is 29.6 Å². The van der Waals surface area contributed by atoms with Crippen LogP contribution in [-0.4, -0.2) is 35.8 Å². The molecule has 0 bridgehead atoms. The number of carbonyl (C=O) groups excluding carboxylic acids is 1. The standard InChI is InChI=1S/C14H25ClN2O/c1-9-5-14(2,3)11(13(9)16)8-17-7-10(6-15)4-12(17)18/h9-11,13H,4-8,16H2,1-3H3. The molecule has 4 heteroatoms. The molecule has 1 saturated carbocycles. The second-order valence-corrected chi connectivity index (χ2v) is 7.19. The lowest BCUT2D eigenvalue weighted by Gasteiger charge is -2.33. The Balaban J connectivity index is 2.03. The quantitative estimate of drug-likeness (QED) is 0.800. The number of hydrogen-bond acceptors (Lipinski definition) is 2. The molecule has 0 aromatic rings. The van der Waals surface area contributed by atoms with Gasteiger partial charge in [0.05, 0.1) is 0 Å². The van der Waals surface area contributed by atoms with Crippen molar-refractivity contribution >= 4 is 17.5 Å². The first kappa shape index (κ1) is 14.1. The van der Waals surface area contributed by atoms with Crippen molar-refractivity contribution in [3.8, 4) is 0 Å². The number of halogens is 1. The van der Waals surface area contributed by atoms with Gasteiger partial charge in [0.1, 0.15) is 0 Å². The van der Waals surface area contributed by atoms with E-state index in [4.69, 9.17) is 17.3 Å². The van der Waals surface area contributed by atoms with Gasteiger partial charge >= 0.3 is 0 Å². The lowest BCUT2D eigenvalue weighted by atomic mass is 9.80. The van der Waals surface area contributed by atoms with Gasteiger partial charge in [0, 0.05) is 31.4 Å². The largest absolute Gasteiger partial charge is 0.342 e. The molecule has 0 aromatic heterocycles. The van der Waals surface area contributed by atoms with Crippen molar-refractivity contribution in [1.82, 2.24) is 4.90 Å². The zero-order chi connectivity index (χ0) is 13.5. The number of nitrogens with zero attached hydrogens (tertiary/aromatic N) is 1. The van der Waals surface area contributed by atoms with Crippen LogP contribution < -0.4 is 5.73 Å². The average molecular weight is 273 g/mol. The van der Waals surface area contributed by atoms with Crippen LogP contribution in [0.3, 0.4) is 0 Å². The number of carbonyl (C=O) groups is 1. The summed E-state index contributed by atoms with van der Waals surface area (Å²) < 4.78 is 0. The van der Waals surface area contributed by atoms with Gasteiger partial charge in [0.25, 0.3) is 0 Å². The third-order valence-corrected chi connectivity index (χ3v) is 5.34. The summed E-state index contributed by atoms with van der Waals surface area (Å²) in [5, 5.41) is 0. The summed E-state index contributed by atoms with van der Waals surface area (Å²) in [7, 11) is 0. The van der Waals surface area contributed by atoms with Gasteiger partial charge in [-0.2, -0.15) is 0 Å². The molecule has 3 nitrogen and oxygen atoms in total. The van der Waals surface area contributed by atoms with Crippen molar-refractivity contribution in [2.45, 2.75) is 39.7 Å². The van der Waals surface area contributed by atoms with E-state index in [9.17, 15) is 4.79 Å². The van der Waals surface area contributed by atoms with Crippen molar-refractivity contribution in [2.24, 2.45) is 28.9 Å². The van der Waals surface area contributed by atoms with Crippen molar-refractivity contribution in [3.63, 3.8) is 0 Å². The molecule has 0 spiro atoms. The Bertz CT molecular complexity index is 332. The van der Waals surface area contributed by atoms with E-state index in [1.807, 2.05) is 4.90 Å². The van der Waals surface area contributed by atoms with Crippen LogP contribution in [0.4, 0.5) is 0 Å².